The van der Waals surface area contributed by atoms with Crippen molar-refractivity contribution in [3.05, 3.63) is 0 Å². The van der Waals surface area contributed by atoms with Crippen molar-refractivity contribution in [1.29, 1.82) is 0 Å². The van der Waals surface area contributed by atoms with Crippen LogP contribution in [0.2, 0.25) is 0 Å². The number of thiol groups is 1. The minimum atomic E-state index is 0.486. The van der Waals surface area contributed by atoms with Crippen molar-refractivity contribution in [3.63, 3.8) is 0 Å². The van der Waals surface area contributed by atoms with Crippen molar-refractivity contribution < 1.29 is 0 Å². The Morgan fingerprint density at radius 3 is 2.25 bits per heavy atom. The van der Waals surface area contributed by atoms with Crippen molar-refractivity contribution in [2.24, 2.45) is 5.41 Å². The van der Waals surface area contributed by atoms with E-state index in [0.717, 1.165) is 6.54 Å². The molecule has 1 nitrogen and oxygen atoms in total. The second kappa shape index (κ2) is 6.17. The van der Waals surface area contributed by atoms with Crippen LogP contribution >= 0.6 is 24.6 Å². The van der Waals surface area contributed by atoms with E-state index in [9.17, 15) is 0 Å². The molecule has 0 saturated heterocycles. The molecule has 0 rings (SSSR count). The van der Waals surface area contributed by atoms with E-state index in [0.29, 0.717) is 5.41 Å². The summed E-state index contributed by atoms with van der Waals surface area (Å²) in [5, 5.41) is 0. The van der Waals surface area contributed by atoms with Gasteiger partial charge in [0.1, 0.15) is 0 Å². The van der Waals surface area contributed by atoms with Crippen LogP contribution in [0.25, 0.3) is 0 Å². The van der Waals surface area contributed by atoms with E-state index < -0.39 is 0 Å². The van der Waals surface area contributed by atoms with Gasteiger partial charge in [-0.15, -0.1) is 0 Å². The highest BCUT2D eigenvalue weighted by atomic mass is 32.2. The zero-order chi connectivity index (χ0) is 9.61. The lowest BCUT2D eigenvalue weighted by Crippen LogP contribution is -2.10. The van der Waals surface area contributed by atoms with E-state index in [1.165, 1.54) is 17.9 Å². The Kier molecular flexibility index (Phi) is 6.50. The molecule has 74 valence electrons. The van der Waals surface area contributed by atoms with Crippen LogP contribution in [0.5, 0.6) is 0 Å². The number of hydrogen-bond acceptors (Lipinski definition) is 3. The van der Waals surface area contributed by atoms with E-state index in [2.05, 4.69) is 33.6 Å². The predicted octanol–water partition coefficient (Wildman–Crippen LogP) is 2.93. The van der Waals surface area contributed by atoms with Gasteiger partial charge in [-0.05, 0) is 24.6 Å². The maximum Gasteiger partial charge on any atom is 0.0175 e. The summed E-state index contributed by atoms with van der Waals surface area (Å²) in [4.78, 5) is 0. The molecule has 0 N–H and O–H groups in total. The average molecular weight is 207 g/mol. The Morgan fingerprint density at radius 2 is 1.83 bits per heavy atom. The molecule has 12 heavy (non-hydrogen) atoms. The van der Waals surface area contributed by atoms with E-state index in [1.807, 2.05) is 23.1 Å². The Balaban J connectivity index is 3.12. The van der Waals surface area contributed by atoms with Crippen molar-refractivity contribution in [2.45, 2.75) is 27.2 Å². The summed E-state index contributed by atoms with van der Waals surface area (Å²) < 4.78 is 1.93. The van der Waals surface area contributed by atoms with Gasteiger partial charge >= 0.3 is 0 Å². The summed E-state index contributed by atoms with van der Waals surface area (Å²) in [7, 11) is 1.99. The second-order valence-corrected chi connectivity index (χ2v) is 6.21. The molecule has 0 bridgehead atoms. The van der Waals surface area contributed by atoms with Gasteiger partial charge in [0, 0.05) is 12.3 Å². The van der Waals surface area contributed by atoms with Crippen LogP contribution in [0.3, 0.4) is 0 Å². The smallest absolute Gasteiger partial charge is 0.0175 e. The first-order chi connectivity index (χ1) is 5.42. The van der Waals surface area contributed by atoms with Crippen LogP contribution in [-0.4, -0.2) is 29.4 Å². The SMILES string of the molecule is CN(S)CCSCCC(C)(C)C. The molecule has 0 aromatic heterocycles. The summed E-state index contributed by atoms with van der Waals surface area (Å²) in [6.45, 7) is 7.94. The monoisotopic (exact) mass is 207 g/mol. The molecular weight excluding hydrogens is 186 g/mol. The van der Waals surface area contributed by atoms with Crippen molar-refractivity contribution in [2.75, 3.05) is 25.1 Å². The van der Waals surface area contributed by atoms with Gasteiger partial charge < -0.3 is 0 Å². The Labute approximate surface area is 86.8 Å². The topological polar surface area (TPSA) is 3.24 Å². The molecule has 0 aromatic rings. The number of hydrogen-bond donors (Lipinski definition) is 1. The molecule has 0 heterocycles. The molecule has 0 aromatic carbocycles. The van der Waals surface area contributed by atoms with Crippen LogP contribution in [-0.2, 0) is 0 Å². The quantitative estimate of drug-likeness (QED) is 0.545. The molecule has 0 unspecified atom stereocenters. The summed E-state index contributed by atoms with van der Waals surface area (Å²) in [6, 6.07) is 0. The van der Waals surface area contributed by atoms with Gasteiger partial charge in [0.2, 0.25) is 0 Å². The first kappa shape index (κ1) is 12.7. The summed E-state index contributed by atoms with van der Waals surface area (Å²) in [6.07, 6.45) is 1.30. The molecule has 0 atom stereocenters. The van der Waals surface area contributed by atoms with Crippen molar-refractivity contribution >= 4 is 24.6 Å². The first-order valence-corrected chi connectivity index (χ1v) is 5.95. The van der Waals surface area contributed by atoms with E-state index in [1.54, 1.807) is 0 Å². The Morgan fingerprint density at radius 1 is 1.25 bits per heavy atom. The molecule has 0 aliphatic carbocycles. The van der Waals surface area contributed by atoms with Crippen LogP contribution in [0.1, 0.15) is 27.2 Å². The molecule has 0 fully saturated rings. The highest BCUT2D eigenvalue weighted by molar-refractivity contribution is 7.99. The standard InChI is InChI=1S/C9H21NS2/c1-9(2,3)5-7-12-8-6-10(4)11/h11H,5-8H2,1-4H3. The lowest BCUT2D eigenvalue weighted by Gasteiger charge is -2.17. The fourth-order valence-electron chi connectivity index (χ4n) is 0.677. The third-order valence-corrected chi connectivity index (χ3v) is 2.72. The van der Waals surface area contributed by atoms with Crippen LogP contribution in [0.15, 0.2) is 0 Å². The predicted molar refractivity (Wildman–Crippen MR) is 63.0 cm³/mol. The fourth-order valence-corrected chi connectivity index (χ4v) is 2.28. The maximum atomic E-state index is 4.18. The number of thioether (sulfide) groups is 1. The molecule has 0 aliphatic rings. The van der Waals surface area contributed by atoms with E-state index in [4.69, 9.17) is 0 Å². The molecule has 0 radical (unpaired) electrons. The van der Waals surface area contributed by atoms with Gasteiger partial charge in [-0.3, -0.25) is 4.31 Å². The van der Waals surface area contributed by atoms with Gasteiger partial charge in [-0.25, -0.2) is 0 Å². The molecule has 0 amide bonds. The lowest BCUT2D eigenvalue weighted by molar-refractivity contribution is 0.401. The van der Waals surface area contributed by atoms with Gasteiger partial charge in [0.25, 0.3) is 0 Å². The van der Waals surface area contributed by atoms with Crippen LogP contribution in [0, 0.1) is 5.41 Å². The highest BCUT2D eigenvalue weighted by Gasteiger charge is 2.08. The second-order valence-electron chi connectivity index (χ2n) is 4.30. The van der Waals surface area contributed by atoms with Gasteiger partial charge in [-0.2, -0.15) is 11.8 Å². The van der Waals surface area contributed by atoms with Crippen molar-refractivity contribution in [3.8, 4) is 0 Å². The average Bonchev–Trinajstić information content (AvgIpc) is 1.83. The first-order valence-electron chi connectivity index (χ1n) is 4.39. The van der Waals surface area contributed by atoms with Gasteiger partial charge in [-0.1, -0.05) is 33.6 Å². The summed E-state index contributed by atoms with van der Waals surface area (Å²) >= 11 is 6.20. The third-order valence-electron chi connectivity index (χ3n) is 1.56. The zero-order valence-electron chi connectivity index (χ0n) is 8.63. The molecule has 0 spiro atoms. The Bertz CT molecular complexity index is 108. The third kappa shape index (κ3) is 10.7. The minimum Gasteiger partial charge on any atom is -0.256 e. The van der Waals surface area contributed by atoms with E-state index >= 15 is 0 Å². The summed E-state index contributed by atoms with van der Waals surface area (Å²) in [5.74, 6) is 2.46. The fraction of sp³-hybridized carbons (Fsp3) is 1.00. The molecule has 0 aliphatic heterocycles. The zero-order valence-corrected chi connectivity index (χ0v) is 10.3. The van der Waals surface area contributed by atoms with E-state index in [-0.39, 0.29) is 0 Å². The van der Waals surface area contributed by atoms with Crippen LogP contribution < -0.4 is 0 Å². The molecule has 0 saturated carbocycles. The Hall–Kier alpha value is 0.660. The minimum absolute atomic E-state index is 0.486. The lowest BCUT2D eigenvalue weighted by atomic mass is 9.94. The normalized spacial score (nSPS) is 12.5. The largest absolute Gasteiger partial charge is 0.256 e. The van der Waals surface area contributed by atoms with Gasteiger partial charge in [0.15, 0.2) is 0 Å². The van der Waals surface area contributed by atoms with Gasteiger partial charge in [0.05, 0.1) is 0 Å². The van der Waals surface area contributed by atoms with Crippen molar-refractivity contribution in [1.82, 2.24) is 4.31 Å². The van der Waals surface area contributed by atoms with Crippen LogP contribution in [0.4, 0.5) is 0 Å². The summed E-state index contributed by atoms with van der Waals surface area (Å²) in [5.41, 5.74) is 0.486. The molecule has 3 heteroatoms. The molecular formula is C9H21NS2. The number of rotatable bonds is 5. The maximum absolute atomic E-state index is 4.18. The highest BCUT2D eigenvalue weighted by Crippen LogP contribution is 2.21. The number of nitrogens with zero attached hydrogens (tertiary/aromatic N) is 1.